The van der Waals surface area contributed by atoms with E-state index in [1.165, 1.54) is 0 Å². The fourth-order valence-corrected chi connectivity index (χ4v) is 1.63. The van der Waals surface area contributed by atoms with Crippen LogP contribution in [-0.4, -0.2) is 47.3 Å². The van der Waals surface area contributed by atoms with Gasteiger partial charge in [-0.1, -0.05) is 12.1 Å². The highest BCUT2D eigenvalue weighted by molar-refractivity contribution is 5.92. The molecule has 0 aliphatic carbocycles. The largest absolute Gasteiger partial charge is 0.395 e. The molecule has 1 aromatic carbocycles. The summed E-state index contributed by atoms with van der Waals surface area (Å²) in [5, 5.41) is 17.8. The molecule has 0 unspecified atom stereocenters. The van der Waals surface area contributed by atoms with Crippen LogP contribution in [0.3, 0.4) is 0 Å². The third kappa shape index (κ3) is 4.52. The van der Waals surface area contributed by atoms with Gasteiger partial charge in [-0.3, -0.25) is 9.69 Å². The molecular weight excluding hydrogens is 220 g/mol. The molecule has 0 heterocycles. The van der Waals surface area contributed by atoms with Crippen LogP contribution in [0.1, 0.15) is 15.9 Å². The second-order valence-electron chi connectivity index (χ2n) is 3.79. The third-order valence-corrected chi connectivity index (χ3v) is 2.45. The summed E-state index contributed by atoms with van der Waals surface area (Å²) in [5.74, 6) is -0.456. The molecule has 0 radical (unpaired) electrons. The fraction of sp³-hybridized carbons (Fsp3) is 0.417. The highest BCUT2D eigenvalue weighted by Crippen LogP contribution is 2.07. The van der Waals surface area contributed by atoms with Crippen molar-refractivity contribution in [2.24, 2.45) is 5.73 Å². The SMILES string of the molecule is NC(=O)c1cccc(CN(CCO)CCO)c1. The first-order valence-corrected chi connectivity index (χ1v) is 5.50. The molecule has 5 heteroatoms. The smallest absolute Gasteiger partial charge is 0.248 e. The maximum Gasteiger partial charge on any atom is 0.248 e. The predicted octanol–water partition coefficient (Wildman–Crippen LogP) is -0.428. The number of aliphatic hydroxyl groups is 2. The van der Waals surface area contributed by atoms with E-state index in [1.54, 1.807) is 18.2 Å². The number of primary amides is 1. The van der Waals surface area contributed by atoms with Crippen molar-refractivity contribution in [3.63, 3.8) is 0 Å². The van der Waals surface area contributed by atoms with Crippen LogP contribution in [0, 0.1) is 0 Å². The lowest BCUT2D eigenvalue weighted by molar-refractivity contribution is 0.1000. The van der Waals surface area contributed by atoms with Gasteiger partial charge in [-0.15, -0.1) is 0 Å². The molecule has 0 aromatic heterocycles. The molecule has 0 saturated carbocycles. The molecule has 17 heavy (non-hydrogen) atoms. The Balaban J connectivity index is 2.71. The molecule has 0 fully saturated rings. The van der Waals surface area contributed by atoms with E-state index in [4.69, 9.17) is 15.9 Å². The summed E-state index contributed by atoms with van der Waals surface area (Å²) >= 11 is 0. The first kappa shape index (κ1) is 13.6. The number of hydrogen-bond acceptors (Lipinski definition) is 4. The van der Waals surface area contributed by atoms with Crippen LogP contribution in [0.4, 0.5) is 0 Å². The van der Waals surface area contributed by atoms with Gasteiger partial charge >= 0.3 is 0 Å². The van der Waals surface area contributed by atoms with E-state index in [-0.39, 0.29) is 13.2 Å². The molecule has 0 aliphatic heterocycles. The summed E-state index contributed by atoms with van der Waals surface area (Å²) < 4.78 is 0. The maximum atomic E-state index is 11.0. The van der Waals surface area contributed by atoms with Gasteiger partial charge in [-0.05, 0) is 17.7 Å². The Labute approximate surface area is 100 Å². The van der Waals surface area contributed by atoms with E-state index in [0.717, 1.165) is 5.56 Å². The minimum absolute atomic E-state index is 0.0372. The molecule has 0 saturated heterocycles. The molecule has 0 atom stereocenters. The molecular formula is C12H18N2O3. The van der Waals surface area contributed by atoms with Crippen molar-refractivity contribution < 1.29 is 15.0 Å². The molecule has 0 aliphatic rings. The number of rotatable bonds is 7. The lowest BCUT2D eigenvalue weighted by atomic mass is 10.1. The molecule has 0 bridgehead atoms. The Morgan fingerprint density at radius 1 is 1.24 bits per heavy atom. The van der Waals surface area contributed by atoms with E-state index in [2.05, 4.69) is 0 Å². The molecule has 1 rings (SSSR count). The molecule has 1 aromatic rings. The van der Waals surface area contributed by atoms with Crippen molar-refractivity contribution in [2.45, 2.75) is 6.54 Å². The third-order valence-electron chi connectivity index (χ3n) is 2.45. The van der Waals surface area contributed by atoms with Crippen molar-refractivity contribution in [1.29, 1.82) is 0 Å². The van der Waals surface area contributed by atoms with Crippen LogP contribution in [-0.2, 0) is 6.54 Å². The number of amides is 1. The monoisotopic (exact) mass is 238 g/mol. The number of carbonyl (C=O) groups excluding carboxylic acids is 1. The number of nitrogens with zero attached hydrogens (tertiary/aromatic N) is 1. The Morgan fingerprint density at radius 3 is 2.41 bits per heavy atom. The Hall–Kier alpha value is -1.43. The second kappa shape index (κ2) is 7.01. The zero-order valence-electron chi connectivity index (χ0n) is 9.67. The van der Waals surface area contributed by atoms with E-state index in [1.807, 2.05) is 11.0 Å². The fourth-order valence-electron chi connectivity index (χ4n) is 1.63. The van der Waals surface area contributed by atoms with Gasteiger partial charge < -0.3 is 15.9 Å². The minimum atomic E-state index is -0.456. The van der Waals surface area contributed by atoms with Gasteiger partial charge in [0.25, 0.3) is 0 Å². The van der Waals surface area contributed by atoms with Gasteiger partial charge in [0.05, 0.1) is 13.2 Å². The molecule has 5 nitrogen and oxygen atoms in total. The zero-order valence-corrected chi connectivity index (χ0v) is 9.67. The number of benzene rings is 1. The molecule has 4 N–H and O–H groups in total. The van der Waals surface area contributed by atoms with E-state index in [9.17, 15) is 4.79 Å². The summed E-state index contributed by atoms with van der Waals surface area (Å²) in [5.41, 5.74) is 6.60. The summed E-state index contributed by atoms with van der Waals surface area (Å²) in [6.07, 6.45) is 0. The highest BCUT2D eigenvalue weighted by atomic mass is 16.3. The van der Waals surface area contributed by atoms with Gasteiger partial charge in [0, 0.05) is 25.2 Å². The van der Waals surface area contributed by atoms with Crippen molar-refractivity contribution >= 4 is 5.91 Å². The highest BCUT2D eigenvalue weighted by Gasteiger charge is 2.06. The summed E-state index contributed by atoms with van der Waals surface area (Å²) in [6, 6.07) is 7.04. The van der Waals surface area contributed by atoms with Crippen LogP contribution in [0.25, 0.3) is 0 Å². The Kier molecular flexibility index (Phi) is 5.62. The van der Waals surface area contributed by atoms with Crippen LogP contribution >= 0.6 is 0 Å². The van der Waals surface area contributed by atoms with Crippen LogP contribution in [0.2, 0.25) is 0 Å². The quantitative estimate of drug-likeness (QED) is 0.601. The number of carbonyl (C=O) groups is 1. The molecule has 1 amide bonds. The summed E-state index contributed by atoms with van der Waals surface area (Å²) in [7, 11) is 0. The van der Waals surface area contributed by atoms with Gasteiger partial charge in [0.1, 0.15) is 0 Å². The first-order valence-electron chi connectivity index (χ1n) is 5.50. The standard InChI is InChI=1S/C12H18N2O3/c13-12(17)11-3-1-2-10(8-11)9-14(4-6-15)5-7-16/h1-3,8,15-16H,4-7,9H2,(H2,13,17). The van der Waals surface area contributed by atoms with Crippen LogP contribution in [0.15, 0.2) is 24.3 Å². The van der Waals surface area contributed by atoms with E-state index < -0.39 is 5.91 Å². The van der Waals surface area contributed by atoms with Crippen molar-refractivity contribution in [1.82, 2.24) is 4.90 Å². The predicted molar refractivity (Wildman–Crippen MR) is 64.4 cm³/mol. The van der Waals surface area contributed by atoms with Crippen molar-refractivity contribution in [2.75, 3.05) is 26.3 Å². The molecule has 0 spiro atoms. The Morgan fingerprint density at radius 2 is 1.88 bits per heavy atom. The van der Waals surface area contributed by atoms with Crippen molar-refractivity contribution in [3.8, 4) is 0 Å². The minimum Gasteiger partial charge on any atom is -0.395 e. The number of aliphatic hydroxyl groups excluding tert-OH is 2. The average molecular weight is 238 g/mol. The van der Waals surface area contributed by atoms with Crippen LogP contribution < -0.4 is 5.73 Å². The van der Waals surface area contributed by atoms with Gasteiger partial charge in [-0.25, -0.2) is 0 Å². The lowest BCUT2D eigenvalue weighted by Crippen LogP contribution is -2.29. The van der Waals surface area contributed by atoms with Gasteiger partial charge in [-0.2, -0.15) is 0 Å². The maximum absolute atomic E-state index is 11.0. The normalized spacial score (nSPS) is 10.8. The van der Waals surface area contributed by atoms with E-state index >= 15 is 0 Å². The lowest BCUT2D eigenvalue weighted by Gasteiger charge is -2.20. The van der Waals surface area contributed by atoms with Crippen molar-refractivity contribution in [3.05, 3.63) is 35.4 Å². The number of nitrogens with two attached hydrogens (primary N) is 1. The Bertz CT molecular complexity index is 363. The number of hydrogen-bond donors (Lipinski definition) is 3. The zero-order chi connectivity index (χ0) is 12.7. The van der Waals surface area contributed by atoms with Gasteiger partial charge in [0.2, 0.25) is 5.91 Å². The second-order valence-corrected chi connectivity index (χ2v) is 3.79. The van der Waals surface area contributed by atoms with Gasteiger partial charge in [0.15, 0.2) is 0 Å². The topological polar surface area (TPSA) is 86.8 Å². The average Bonchev–Trinajstić information content (AvgIpc) is 2.30. The summed E-state index contributed by atoms with van der Waals surface area (Å²) in [4.78, 5) is 12.9. The molecule has 94 valence electrons. The van der Waals surface area contributed by atoms with Crippen LogP contribution in [0.5, 0.6) is 0 Å². The first-order chi connectivity index (χ1) is 8.17. The van der Waals surface area contributed by atoms with E-state index in [0.29, 0.717) is 25.2 Å². The summed E-state index contributed by atoms with van der Waals surface area (Å²) in [6.45, 7) is 1.62.